The third-order valence-corrected chi connectivity index (χ3v) is 8.77. The zero-order chi connectivity index (χ0) is 22.7. The average molecular weight is 455 g/mol. The zero-order valence-electron chi connectivity index (χ0n) is 19.1. The molecule has 1 amide bonds. The topological polar surface area (TPSA) is 66.5 Å². The summed E-state index contributed by atoms with van der Waals surface area (Å²) >= 11 is 0. The lowest BCUT2D eigenvalue weighted by Gasteiger charge is -2.31. The van der Waals surface area contributed by atoms with Crippen molar-refractivity contribution in [1.29, 1.82) is 0 Å². The highest BCUT2D eigenvalue weighted by atomic mass is 32.2. The Balaban J connectivity index is 1.30. The SMILES string of the molecule is Cc1ccc(CS(=O)(=O)N2CCC(C(=O)N[C@@H](C)c3ccc4c(c3)CCCC4)CC2)cc1. The van der Waals surface area contributed by atoms with Gasteiger partial charge in [-0.15, -0.1) is 0 Å². The Hall–Kier alpha value is -2.18. The molecule has 1 aliphatic heterocycles. The van der Waals surface area contributed by atoms with E-state index in [1.165, 1.54) is 24.0 Å². The van der Waals surface area contributed by atoms with E-state index in [-0.39, 0.29) is 23.6 Å². The molecular weight excluding hydrogens is 420 g/mol. The fourth-order valence-electron chi connectivity index (χ4n) is 4.82. The molecule has 6 heteroatoms. The molecule has 2 aromatic rings. The number of rotatable bonds is 6. The summed E-state index contributed by atoms with van der Waals surface area (Å²) in [5.74, 6) is -0.0915. The molecule has 1 saturated heterocycles. The number of sulfonamides is 1. The number of carbonyl (C=O) groups excluding carboxylic acids is 1. The van der Waals surface area contributed by atoms with Crippen molar-refractivity contribution in [3.05, 3.63) is 70.3 Å². The minimum Gasteiger partial charge on any atom is -0.349 e. The summed E-state index contributed by atoms with van der Waals surface area (Å²) in [5, 5.41) is 3.16. The lowest BCUT2D eigenvalue weighted by molar-refractivity contribution is -0.126. The van der Waals surface area contributed by atoms with Crippen LogP contribution in [0.4, 0.5) is 0 Å². The summed E-state index contributed by atoms with van der Waals surface area (Å²) in [6.07, 6.45) is 5.91. The van der Waals surface area contributed by atoms with E-state index in [0.717, 1.165) is 29.5 Å². The van der Waals surface area contributed by atoms with E-state index in [4.69, 9.17) is 0 Å². The van der Waals surface area contributed by atoms with Crippen molar-refractivity contribution in [1.82, 2.24) is 9.62 Å². The van der Waals surface area contributed by atoms with Crippen LogP contribution in [-0.4, -0.2) is 31.7 Å². The predicted molar refractivity (Wildman–Crippen MR) is 128 cm³/mol. The first-order valence-electron chi connectivity index (χ1n) is 11.8. The standard InChI is InChI=1S/C26H34N2O3S/c1-19-7-9-21(10-8-19)18-32(30,31)28-15-13-23(14-16-28)26(29)27-20(2)24-12-11-22-5-3-4-6-25(22)17-24/h7-12,17,20,23H,3-6,13-16,18H2,1-2H3,(H,27,29)/t20-/m0/s1. The molecule has 1 N–H and O–H groups in total. The molecule has 1 aliphatic carbocycles. The molecule has 0 saturated carbocycles. The predicted octanol–water partition coefficient (Wildman–Crippen LogP) is 4.29. The fourth-order valence-corrected chi connectivity index (χ4v) is 6.38. The molecule has 0 unspecified atom stereocenters. The summed E-state index contributed by atoms with van der Waals surface area (Å²) in [4.78, 5) is 12.9. The van der Waals surface area contributed by atoms with Crippen LogP contribution in [0.25, 0.3) is 0 Å². The number of nitrogens with zero attached hydrogens (tertiary/aromatic N) is 1. The van der Waals surface area contributed by atoms with Crippen LogP contribution in [0, 0.1) is 12.8 Å². The van der Waals surface area contributed by atoms with Gasteiger partial charge in [-0.1, -0.05) is 48.0 Å². The Bertz CT molecular complexity index is 1050. The molecule has 172 valence electrons. The minimum atomic E-state index is -3.37. The van der Waals surface area contributed by atoms with Crippen LogP contribution in [0.3, 0.4) is 0 Å². The smallest absolute Gasteiger partial charge is 0.223 e. The van der Waals surface area contributed by atoms with Crippen molar-refractivity contribution in [2.45, 2.75) is 64.2 Å². The van der Waals surface area contributed by atoms with Crippen molar-refractivity contribution >= 4 is 15.9 Å². The van der Waals surface area contributed by atoms with Crippen molar-refractivity contribution in [3.8, 4) is 0 Å². The van der Waals surface area contributed by atoms with Gasteiger partial charge >= 0.3 is 0 Å². The fraction of sp³-hybridized carbons (Fsp3) is 0.500. The van der Waals surface area contributed by atoms with Crippen LogP contribution in [0.15, 0.2) is 42.5 Å². The average Bonchev–Trinajstić information content (AvgIpc) is 2.80. The molecule has 5 nitrogen and oxygen atoms in total. The quantitative estimate of drug-likeness (QED) is 0.708. The van der Waals surface area contributed by atoms with Crippen LogP contribution in [0.5, 0.6) is 0 Å². The third-order valence-electron chi connectivity index (χ3n) is 6.92. The van der Waals surface area contributed by atoms with E-state index < -0.39 is 10.0 Å². The molecule has 0 bridgehead atoms. The van der Waals surface area contributed by atoms with Gasteiger partial charge in [-0.2, -0.15) is 0 Å². The first kappa shape index (κ1) is 23.0. The Kier molecular flexibility index (Phi) is 7.01. The van der Waals surface area contributed by atoms with E-state index in [2.05, 4.69) is 23.5 Å². The molecule has 0 aromatic heterocycles. The Morgan fingerprint density at radius 3 is 2.38 bits per heavy atom. The summed E-state index contributed by atoms with van der Waals surface area (Å²) in [5.41, 5.74) is 5.92. The summed E-state index contributed by atoms with van der Waals surface area (Å²) < 4.78 is 27.2. The van der Waals surface area contributed by atoms with Gasteiger partial charge in [0.2, 0.25) is 15.9 Å². The van der Waals surface area contributed by atoms with Crippen molar-refractivity contribution < 1.29 is 13.2 Å². The maximum atomic E-state index is 12.9. The monoisotopic (exact) mass is 454 g/mol. The van der Waals surface area contributed by atoms with E-state index >= 15 is 0 Å². The van der Waals surface area contributed by atoms with Gasteiger partial charge in [-0.3, -0.25) is 4.79 Å². The van der Waals surface area contributed by atoms with E-state index in [1.54, 1.807) is 4.31 Å². The second kappa shape index (κ2) is 9.75. The number of nitrogens with one attached hydrogen (secondary N) is 1. The number of carbonyl (C=O) groups is 1. The van der Waals surface area contributed by atoms with Crippen LogP contribution >= 0.6 is 0 Å². The van der Waals surface area contributed by atoms with Crippen molar-refractivity contribution in [3.63, 3.8) is 0 Å². The largest absolute Gasteiger partial charge is 0.349 e. The Labute approximate surface area is 192 Å². The van der Waals surface area contributed by atoms with Crippen LogP contribution < -0.4 is 5.32 Å². The number of fused-ring (bicyclic) bond motifs is 1. The lowest BCUT2D eigenvalue weighted by Crippen LogP contribution is -2.43. The highest BCUT2D eigenvalue weighted by molar-refractivity contribution is 7.88. The second-order valence-electron chi connectivity index (χ2n) is 9.38. The van der Waals surface area contributed by atoms with E-state index in [1.807, 2.05) is 38.1 Å². The van der Waals surface area contributed by atoms with Gasteiger partial charge in [0.25, 0.3) is 0 Å². The maximum absolute atomic E-state index is 12.9. The molecule has 2 aromatic carbocycles. The van der Waals surface area contributed by atoms with Crippen LogP contribution in [-0.2, 0) is 33.4 Å². The van der Waals surface area contributed by atoms with Crippen molar-refractivity contribution in [2.75, 3.05) is 13.1 Å². The molecule has 32 heavy (non-hydrogen) atoms. The normalized spacial score (nSPS) is 18.7. The van der Waals surface area contributed by atoms with Crippen molar-refractivity contribution in [2.24, 2.45) is 5.92 Å². The van der Waals surface area contributed by atoms with Gasteiger partial charge < -0.3 is 5.32 Å². The number of hydrogen-bond acceptors (Lipinski definition) is 3. The number of benzene rings is 2. The Morgan fingerprint density at radius 2 is 1.69 bits per heavy atom. The zero-order valence-corrected chi connectivity index (χ0v) is 20.0. The number of amides is 1. The lowest BCUT2D eigenvalue weighted by atomic mass is 9.89. The molecule has 0 radical (unpaired) electrons. The second-order valence-corrected chi connectivity index (χ2v) is 11.3. The molecule has 2 aliphatic rings. The summed E-state index contributed by atoms with van der Waals surface area (Å²) in [7, 11) is -3.37. The number of piperidine rings is 1. The minimum absolute atomic E-state index is 0.0134. The van der Waals surface area contributed by atoms with Gasteiger partial charge in [0.05, 0.1) is 11.8 Å². The molecule has 4 rings (SSSR count). The first-order chi connectivity index (χ1) is 15.3. The molecule has 0 spiro atoms. The third kappa shape index (κ3) is 5.41. The van der Waals surface area contributed by atoms with Gasteiger partial charge in [0.15, 0.2) is 0 Å². The van der Waals surface area contributed by atoms with Gasteiger partial charge in [-0.25, -0.2) is 12.7 Å². The molecular formula is C26H34N2O3S. The maximum Gasteiger partial charge on any atom is 0.223 e. The van der Waals surface area contributed by atoms with E-state index in [9.17, 15) is 13.2 Å². The van der Waals surface area contributed by atoms with E-state index in [0.29, 0.717) is 25.9 Å². The van der Waals surface area contributed by atoms with Crippen LogP contribution in [0.2, 0.25) is 0 Å². The molecule has 1 atom stereocenters. The van der Waals surface area contributed by atoms with Gasteiger partial charge in [-0.05, 0) is 74.6 Å². The highest BCUT2D eigenvalue weighted by Crippen LogP contribution is 2.26. The van der Waals surface area contributed by atoms with Crippen LogP contribution in [0.1, 0.15) is 66.5 Å². The summed E-state index contributed by atoms with van der Waals surface area (Å²) in [6, 6.07) is 14.2. The first-order valence-corrected chi connectivity index (χ1v) is 13.4. The summed E-state index contributed by atoms with van der Waals surface area (Å²) in [6.45, 7) is 4.82. The Morgan fingerprint density at radius 1 is 1.03 bits per heavy atom. The van der Waals surface area contributed by atoms with Gasteiger partial charge in [0, 0.05) is 19.0 Å². The molecule has 1 heterocycles. The molecule has 1 fully saturated rings. The number of aryl methyl sites for hydroxylation is 3. The number of hydrogen-bond donors (Lipinski definition) is 1. The highest BCUT2D eigenvalue weighted by Gasteiger charge is 2.31. The van der Waals surface area contributed by atoms with Gasteiger partial charge in [0.1, 0.15) is 0 Å².